The van der Waals surface area contributed by atoms with E-state index in [1.54, 1.807) is 48.1 Å². The van der Waals surface area contributed by atoms with Gasteiger partial charge in [-0.3, -0.25) is 24.1 Å². The van der Waals surface area contributed by atoms with Crippen LogP contribution < -0.4 is 5.32 Å². The Morgan fingerprint density at radius 1 is 1.00 bits per heavy atom. The minimum Gasteiger partial charge on any atom is -0.459 e. The van der Waals surface area contributed by atoms with Crippen LogP contribution in [0.4, 0.5) is 0 Å². The number of hydrogen-bond donors (Lipinski definition) is 1. The number of nitrogens with one attached hydrogen (secondary N) is 1. The van der Waals surface area contributed by atoms with Crippen molar-refractivity contribution in [3.05, 3.63) is 42.4 Å². The first-order valence-corrected chi connectivity index (χ1v) is 13.7. The molecular weight excluding hydrogens is 502 g/mol. The highest BCUT2D eigenvalue weighted by Gasteiger charge is 2.47. The van der Waals surface area contributed by atoms with E-state index < -0.39 is 0 Å². The molecule has 12 heteroatoms. The summed E-state index contributed by atoms with van der Waals surface area (Å²) in [6.45, 7) is 4.60. The van der Waals surface area contributed by atoms with Crippen LogP contribution in [0, 0.1) is 17.8 Å². The highest BCUT2D eigenvalue weighted by Crippen LogP contribution is 2.37. The lowest BCUT2D eigenvalue weighted by atomic mass is 9.78. The van der Waals surface area contributed by atoms with Gasteiger partial charge < -0.3 is 29.0 Å². The second kappa shape index (κ2) is 11.6. The predicted octanol–water partition coefficient (Wildman–Crippen LogP) is 0.144. The zero-order valence-corrected chi connectivity index (χ0v) is 22.6. The average molecular weight is 540 g/mol. The van der Waals surface area contributed by atoms with Crippen molar-refractivity contribution in [1.29, 1.82) is 0 Å². The van der Waals surface area contributed by atoms with Crippen molar-refractivity contribution in [2.75, 3.05) is 66.0 Å². The molecule has 5 rings (SSSR count). The number of piperidine rings is 1. The highest BCUT2D eigenvalue weighted by molar-refractivity contribution is 5.92. The van der Waals surface area contributed by atoms with Gasteiger partial charge in [-0.1, -0.05) is 0 Å². The number of piperazine rings is 1. The van der Waals surface area contributed by atoms with E-state index in [0.29, 0.717) is 70.5 Å². The largest absolute Gasteiger partial charge is 0.459 e. The zero-order valence-electron chi connectivity index (χ0n) is 22.6. The van der Waals surface area contributed by atoms with Crippen LogP contribution in [0.2, 0.25) is 0 Å². The number of likely N-dealkylation sites (N-methyl/N-ethyl adjacent to an activating group) is 1. The number of aromatic nitrogens is 2. The van der Waals surface area contributed by atoms with Gasteiger partial charge in [0.05, 0.1) is 18.7 Å². The first-order chi connectivity index (χ1) is 18.9. The van der Waals surface area contributed by atoms with Crippen LogP contribution >= 0.6 is 0 Å². The van der Waals surface area contributed by atoms with Crippen molar-refractivity contribution in [1.82, 2.24) is 34.5 Å². The molecule has 0 aromatic carbocycles. The van der Waals surface area contributed by atoms with Gasteiger partial charge in [-0.25, -0.2) is 4.98 Å². The van der Waals surface area contributed by atoms with E-state index >= 15 is 0 Å². The quantitative estimate of drug-likeness (QED) is 0.554. The third kappa shape index (κ3) is 5.70. The maximum Gasteiger partial charge on any atom is 0.289 e. The lowest BCUT2D eigenvalue weighted by molar-refractivity contribution is -0.139. The van der Waals surface area contributed by atoms with Gasteiger partial charge in [0.15, 0.2) is 11.6 Å². The van der Waals surface area contributed by atoms with E-state index in [4.69, 9.17) is 4.42 Å². The van der Waals surface area contributed by atoms with Gasteiger partial charge in [-0.05, 0) is 36.8 Å². The molecule has 3 saturated heterocycles. The average Bonchev–Trinajstić information content (AvgIpc) is 3.74. The van der Waals surface area contributed by atoms with Gasteiger partial charge in [0.1, 0.15) is 0 Å². The summed E-state index contributed by atoms with van der Waals surface area (Å²) in [7, 11) is 3.41. The first kappa shape index (κ1) is 26.9. The summed E-state index contributed by atoms with van der Waals surface area (Å²) in [5.41, 5.74) is 0. The smallest absolute Gasteiger partial charge is 0.289 e. The Balaban J connectivity index is 1.32. The predicted molar refractivity (Wildman–Crippen MR) is 141 cm³/mol. The Labute approximate surface area is 227 Å². The third-order valence-electron chi connectivity index (χ3n) is 8.39. The Morgan fingerprint density at radius 3 is 2.46 bits per heavy atom. The standard InChI is InChI=1S/C27H37N7O5/c1-28-23(35)18-31-10-12-32(13-11-31)25(36)21-17-34(27(38)24-29-7-9-30(24)2)16-20(21)19-5-3-8-33(15-19)26(37)22-6-4-14-39-22/h4,6-7,9,14,19-21H,3,5,8,10-13,15-18H2,1-2H3,(H,28,35). The van der Waals surface area contributed by atoms with Gasteiger partial charge in [-0.2, -0.15) is 0 Å². The van der Waals surface area contributed by atoms with Crippen LogP contribution in [0.15, 0.2) is 35.2 Å². The fraction of sp³-hybridized carbons (Fsp3) is 0.593. The minimum absolute atomic E-state index is 0.0416. The van der Waals surface area contributed by atoms with Gasteiger partial charge in [0, 0.05) is 78.8 Å². The maximum atomic E-state index is 13.9. The number of nitrogens with zero attached hydrogens (tertiary/aromatic N) is 6. The van der Waals surface area contributed by atoms with Gasteiger partial charge in [0.2, 0.25) is 11.8 Å². The number of furan rings is 1. The van der Waals surface area contributed by atoms with E-state index in [0.717, 1.165) is 12.8 Å². The number of carbonyl (C=O) groups is 4. The number of carbonyl (C=O) groups excluding carboxylic acids is 4. The van der Waals surface area contributed by atoms with Gasteiger partial charge in [0.25, 0.3) is 11.8 Å². The molecule has 3 aliphatic rings. The van der Waals surface area contributed by atoms with Crippen molar-refractivity contribution in [3.63, 3.8) is 0 Å². The Hall–Kier alpha value is -3.67. The molecule has 12 nitrogen and oxygen atoms in total. The van der Waals surface area contributed by atoms with Gasteiger partial charge in [-0.15, -0.1) is 0 Å². The van der Waals surface area contributed by atoms with Crippen molar-refractivity contribution in [3.8, 4) is 0 Å². The number of rotatable bonds is 6. The monoisotopic (exact) mass is 539 g/mol. The molecule has 2 aromatic rings. The van der Waals surface area contributed by atoms with E-state index in [1.807, 2.05) is 14.7 Å². The topological polar surface area (TPSA) is 124 Å². The molecular formula is C27H37N7O5. The molecule has 3 fully saturated rings. The van der Waals surface area contributed by atoms with Crippen LogP contribution in [0.5, 0.6) is 0 Å². The second-order valence-electron chi connectivity index (χ2n) is 10.7. The lowest BCUT2D eigenvalue weighted by Crippen LogP contribution is -2.53. The van der Waals surface area contributed by atoms with E-state index in [2.05, 4.69) is 10.3 Å². The molecule has 2 aromatic heterocycles. The number of likely N-dealkylation sites (tertiary alicyclic amines) is 2. The van der Waals surface area contributed by atoms with Crippen LogP contribution in [-0.4, -0.2) is 119 Å². The summed E-state index contributed by atoms with van der Waals surface area (Å²) in [4.78, 5) is 63.9. The summed E-state index contributed by atoms with van der Waals surface area (Å²) in [6, 6.07) is 3.38. The molecule has 0 spiro atoms. The normalized spacial score (nSPS) is 24.2. The molecule has 1 N–H and O–H groups in total. The molecule has 0 bridgehead atoms. The van der Waals surface area contributed by atoms with Crippen LogP contribution in [-0.2, 0) is 16.6 Å². The SMILES string of the molecule is CNC(=O)CN1CCN(C(=O)C2CN(C(=O)c3nccn3C)CC2C2CCCN(C(=O)c3ccco3)C2)CC1. The number of imidazole rings is 1. The van der Waals surface area contributed by atoms with Crippen molar-refractivity contribution in [2.24, 2.45) is 24.8 Å². The number of hydrogen-bond acceptors (Lipinski definition) is 7. The van der Waals surface area contributed by atoms with E-state index in [9.17, 15) is 19.2 Å². The van der Waals surface area contributed by atoms with Crippen LogP contribution in [0.25, 0.3) is 0 Å². The lowest BCUT2D eigenvalue weighted by Gasteiger charge is -2.39. The number of aryl methyl sites for hydroxylation is 1. The summed E-state index contributed by atoms with van der Waals surface area (Å²) in [5, 5.41) is 2.65. The van der Waals surface area contributed by atoms with Crippen LogP contribution in [0.1, 0.15) is 34.0 Å². The summed E-state index contributed by atoms with van der Waals surface area (Å²) >= 11 is 0. The van der Waals surface area contributed by atoms with Crippen molar-refractivity contribution >= 4 is 23.6 Å². The number of amides is 4. The molecule has 3 unspecified atom stereocenters. The fourth-order valence-electron chi connectivity index (χ4n) is 6.19. The van der Waals surface area contributed by atoms with Crippen molar-refractivity contribution in [2.45, 2.75) is 12.8 Å². The Morgan fingerprint density at radius 2 is 1.79 bits per heavy atom. The van der Waals surface area contributed by atoms with E-state index in [1.165, 1.54) is 6.26 Å². The Kier molecular flexibility index (Phi) is 8.01. The van der Waals surface area contributed by atoms with Crippen molar-refractivity contribution < 1.29 is 23.6 Å². The molecule has 3 aliphatic heterocycles. The van der Waals surface area contributed by atoms with Crippen LogP contribution in [0.3, 0.4) is 0 Å². The summed E-state index contributed by atoms with van der Waals surface area (Å²) in [5.74, 6) is 0.000810. The molecule has 4 amide bonds. The summed E-state index contributed by atoms with van der Waals surface area (Å²) in [6.07, 6.45) is 6.55. The summed E-state index contributed by atoms with van der Waals surface area (Å²) < 4.78 is 7.04. The molecule has 3 atom stereocenters. The minimum atomic E-state index is -0.358. The second-order valence-corrected chi connectivity index (χ2v) is 10.7. The van der Waals surface area contributed by atoms with Gasteiger partial charge >= 0.3 is 0 Å². The fourth-order valence-corrected chi connectivity index (χ4v) is 6.19. The molecule has 0 aliphatic carbocycles. The molecule has 0 radical (unpaired) electrons. The highest BCUT2D eigenvalue weighted by atomic mass is 16.3. The molecule has 210 valence electrons. The molecule has 5 heterocycles. The molecule has 39 heavy (non-hydrogen) atoms. The maximum absolute atomic E-state index is 13.9. The zero-order chi connectivity index (χ0) is 27.5. The van der Waals surface area contributed by atoms with E-state index in [-0.39, 0.29) is 41.4 Å². The Bertz CT molecular complexity index is 1190. The molecule has 0 saturated carbocycles. The third-order valence-corrected chi connectivity index (χ3v) is 8.39. The first-order valence-electron chi connectivity index (χ1n) is 13.7.